The van der Waals surface area contributed by atoms with Crippen molar-refractivity contribution in [2.45, 2.75) is 19.1 Å². The maximum absolute atomic E-state index is 13.5. The van der Waals surface area contributed by atoms with Gasteiger partial charge in [-0.3, -0.25) is 0 Å². The molecule has 0 aliphatic rings. The molecule has 1 unspecified atom stereocenters. The van der Waals surface area contributed by atoms with Crippen molar-refractivity contribution in [1.82, 2.24) is 5.32 Å². The lowest BCUT2D eigenvalue weighted by atomic mass is 10.1. The molecule has 0 aromatic heterocycles. The molecule has 3 N–H and O–H groups in total. The van der Waals surface area contributed by atoms with Crippen molar-refractivity contribution in [2.24, 2.45) is 0 Å². The van der Waals surface area contributed by atoms with E-state index in [1.54, 1.807) is 0 Å². The minimum Gasteiger partial charge on any atom is -0.393 e. The number of hydrogen-bond donors (Lipinski definition) is 3. The molecule has 0 radical (unpaired) electrons. The molecule has 0 aliphatic heterocycles. The Morgan fingerprint density at radius 3 is 2.65 bits per heavy atom. The Bertz CT molecular complexity index is 399. The van der Waals surface area contributed by atoms with E-state index in [2.05, 4.69) is 21.2 Å². The SMILES string of the molecule is CC(O)(CO)CNCc1c(F)ccc(Br)c1F. The predicted molar refractivity (Wildman–Crippen MR) is 63.5 cm³/mol. The standard InChI is InChI=1S/C11H14BrF2NO2/c1-11(17,6-16)5-15-4-7-9(13)3-2-8(12)10(7)14/h2-3,15-17H,4-6H2,1H3. The molecule has 0 heterocycles. The average Bonchev–Trinajstić information content (AvgIpc) is 2.28. The van der Waals surface area contributed by atoms with Crippen molar-refractivity contribution in [1.29, 1.82) is 0 Å². The summed E-state index contributed by atoms with van der Waals surface area (Å²) < 4.78 is 27.0. The zero-order valence-corrected chi connectivity index (χ0v) is 10.9. The van der Waals surface area contributed by atoms with Crippen molar-refractivity contribution in [3.8, 4) is 0 Å². The van der Waals surface area contributed by atoms with Crippen molar-refractivity contribution in [3.05, 3.63) is 33.8 Å². The molecule has 17 heavy (non-hydrogen) atoms. The second-order valence-corrected chi connectivity index (χ2v) is 4.93. The average molecular weight is 310 g/mol. The Balaban J connectivity index is 2.67. The molecule has 3 nitrogen and oxygen atoms in total. The summed E-state index contributed by atoms with van der Waals surface area (Å²) >= 11 is 2.97. The zero-order valence-electron chi connectivity index (χ0n) is 9.30. The Morgan fingerprint density at radius 1 is 1.41 bits per heavy atom. The van der Waals surface area contributed by atoms with Crippen molar-refractivity contribution < 1.29 is 19.0 Å². The molecule has 1 aromatic rings. The van der Waals surface area contributed by atoms with Crippen LogP contribution in [0.1, 0.15) is 12.5 Å². The Hall–Kier alpha value is -0.560. The number of hydrogen-bond acceptors (Lipinski definition) is 3. The van der Waals surface area contributed by atoms with E-state index in [4.69, 9.17) is 5.11 Å². The van der Waals surface area contributed by atoms with Gasteiger partial charge in [-0.05, 0) is 35.0 Å². The van der Waals surface area contributed by atoms with E-state index in [9.17, 15) is 13.9 Å². The lowest BCUT2D eigenvalue weighted by Gasteiger charge is -2.20. The number of halogens is 3. The van der Waals surface area contributed by atoms with Crippen LogP contribution in [0.4, 0.5) is 8.78 Å². The van der Waals surface area contributed by atoms with E-state index in [0.29, 0.717) is 0 Å². The predicted octanol–water partition coefficient (Wildman–Crippen LogP) is 1.56. The first-order chi connectivity index (χ1) is 7.87. The molecule has 0 amide bonds. The minimum atomic E-state index is -1.31. The summed E-state index contributed by atoms with van der Waals surface area (Å²) in [6, 6.07) is 2.45. The number of nitrogens with one attached hydrogen (secondary N) is 1. The van der Waals surface area contributed by atoms with Crippen molar-refractivity contribution in [3.63, 3.8) is 0 Å². The molecule has 0 saturated heterocycles. The highest BCUT2D eigenvalue weighted by Gasteiger charge is 2.19. The third-order valence-electron chi connectivity index (χ3n) is 2.29. The number of aliphatic hydroxyl groups excluding tert-OH is 1. The van der Waals surface area contributed by atoms with Crippen LogP contribution < -0.4 is 5.32 Å². The van der Waals surface area contributed by atoms with Crippen LogP contribution in [0, 0.1) is 11.6 Å². The molecular formula is C11H14BrF2NO2. The first kappa shape index (κ1) is 14.5. The summed E-state index contributed by atoms with van der Waals surface area (Å²) in [7, 11) is 0. The highest BCUT2D eigenvalue weighted by molar-refractivity contribution is 9.10. The molecule has 0 bridgehead atoms. The van der Waals surface area contributed by atoms with Gasteiger partial charge in [0.25, 0.3) is 0 Å². The first-order valence-corrected chi connectivity index (χ1v) is 5.83. The normalized spacial score (nSPS) is 14.7. The van der Waals surface area contributed by atoms with E-state index < -0.39 is 23.8 Å². The highest BCUT2D eigenvalue weighted by atomic mass is 79.9. The number of rotatable bonds is 5. The van der Waals surface area contributed by atoms with E-state index in [-0.39, 0.29) is 23.1 Å². The maximum Gasteiger partial charge on any atom is 0.144 e. The van der Waals surface area contributed by atoms with Crippen molar-refractivity contribution >= 4 is 15.9 Å². The molecule has 0 saturated carbocycles. The van der Waals surface area contributed by atoms with E-state index in [1.807, 2.05) is 0 Å². The molecule has 96 valence electrons. The number of aliphatic hydroxyl groups is 2. The van der Waals surface area contributed by atoms with Crippen LogP contribution in [0.3, 0.4) is 0 Å². The second-order valence-electron chi connectivity index (χ2n) is 4.08. The molecule has 1 atom stereocenters. The van der Waals surface area contributed by atoms with Crippen molar-refractivity contribution in [2.75, 3.05) is 13.2 Å². The zero-order chi connectivity index (χ0) is 13.1. The minimum absolute atomic E-state index is 0.0366. The summed E-state index contributed by atoms with van der Waals surface area (Å²) in [5.41, 5.74) is -1.41. The Labute approximate surface area is 107 Å². The third kappa shape index (κ3) is 3.99. The van der Waals surface area contributed by atoms with Gasteiger partial charge in [-0.2, -0.15) is 0 Å². The highest BCUT2D eigenvalue weighted by Crippen LogP contribution is 2.21. The Morgan fingerprint density at radius 2 is 2.06 bits per heavy atom. The van der Waals surface area contributed by atoms with Gasteiger partial charge in [-0.25, -0.2) is 8.78 Å². The monoisotopic (exact) mass is 309 g/mol. The summed E-state index contributed by atoms with van der Waals surface area (Å²) in [5, 5.41) is 21.0. The quantitative estimate of drug-likeness (QED) is 0.724. The molecular weight excluding hydrogens is 296 g/mol. The van der Waals surface area contributed by atoms with Gasteiger partial charge in [0.2, 0.25) is 0 Å². The Kier molecular flexibility index (Phi) is 5.00. The van der Waals surface area contributed by atoms with Gasteiger partial charge in [-0.15, -0.1) is 0 Å². The summed E-state index contributed by atoms with van der Waals surface area (Å²) in [4.78, 5) is 0. The smallest absolute Gasteiger partial charge is 0.144 e. The lowest BCUT2D eigenvalue weighted by Crippen LogP contribution is -2.40. The summed E-state index contributed by atoms with van der Waals surface area (Å²) in [6.07, 6.45) is 0. The van der Waals surface area contributed by atoms with Crippen LogP contribution in [-0.4, -0.2) is 29.0 Å². The topological polar surface area (TPSA) is 52.5 Å². The van der Waals surface area contributed by atoms with Gasteiger partial charge >= 0.3 is 0 Å². The van der Waals surface area contributed by atoms with Crippen LogP contribution in [0.5, 0.6) is 0 Å². The fraction of sp³-hybridized carbons (Fsp3) is 0.455. The largest absolute Gasteiger partial charge is 0.393 e. The van der Waals surface area contributed by atoms with E-state index in [1.165, 1.54) is 13.0 Å². The van der Waals surface area contributed by atoms with Gasteiger partial charge in [0.15, 0.2) is 0 Å². The maximum atomic E-state index is 13.5. The van der Waals surface area contributed by atoms with Crippen LogP contribution in [0.25, 0.3) is 0 Å². The van der Waals surface area contributed by atoms with Gasteiger partial charge in [0, 0.05) is 18.7 Å². The van der Waals surface area contributed by atoms with E-state index >= 15 is 0 Å². The summed E-state index contributed by atoms with van der Waals surface area (Å²) in [5.74, 6) is -1.32. The van der Waals surface area contributed by atoms with E-state index in [0.717, 1.165) is 6.07 Å². The number of benzene rings is 1. The third-order valence-corrected chi connectivity index (χ3v) is 2.90. The van der Waals surface area contributed by atoms with Crippen LogP contribution in [0.15, 0.2) is 16.6 Å². The van der Waals surface area contributed by atoms with Crippen LogP contribution in [-0.2, 0) is 6.54 Å². The fourth-order valence-electron chi connectivity index (χ4n) is 1.24. The molecule has 0 spiro atoms. The van der Waals surface area contributed by atoms with Crippen LogP contribution >= 0.6 is 15.9 Å². The van der Waals surface area contributed by atoms with Crippen LogP contribution in [0.2, 0.25) is 0 Å². The second kappa shape index (κ2) is 5.86. The lowest BCUT2D eigenvalue weighted by molar-refractivity contribution is 0.00244. The fourth-order valence-corrected chi connectivity index (χ4v) is 1.62. The molecule has 0 fully saturated rings. The van der Waals surface area contributed by atoms with Gasteiger partial charge in [-0.1, -0.05) is 0 Å². The van der Waals surface area contributed by atoms with Gasteiger partial charge < -0.3 is 15.5 Å². The molecule has 1 rings (SSSR count). The molecule has 1 aromatic carbocycles. The first-order valence-electron chi connectivity index (χ1n) is 5.04. The molecule has 6 heteroatoms. The molecule has 0 aliphatic carbocycles. The van der Waals surface area contributed by atoms with Gasteiger partial charge in [0.05, 0.1) is 16.7 Å². The van der Waals surface area contributed by atoms with Gasteiger partial charge in [0.1, 0.15) is 11.6 Å². The summed E-state index contributed by atoms with van der Waals surface area (Å²) in [6.45, 7) is 0.971.